The minimum atomic E-state index is -0.474. The molecule has 3 aromatic rings. The molecule has 0 aliphatic heterocycles. The summed E-state index contributed by atoms with van der Waals surface area (Å²) >= 11 is 7.24. The fraction of sp³-hybridized carbons (Fsp3) is 0.125. The third-order valence-electron chi connectivity index (χ3n) is 3.11. The predicted octanol–water partition coefficient (Wildman–Crippen LogP) is 4.47. The Morgan fingerprint density at radius 3 is 2.84 bits per heavy atom. The molecule has 7 nitrogen and oxygen atoms in total. The van der Waals surface area contributed by atoms with Crippen molar-refractivity contribution in [3.05, 3.63) is 63.7 Å². The van der Waals surface area contributed by atoms with Gasteiger partial charge in [0.25, 0.3) is 5.22 Å². The van der Waals surface area contributed by atoms with E-state index in [2.05, 4.69) is 10.2 Å². The quantitative estimate of drug-likeness (QED) is 0.259. The van der Waals surface area contributed by atoms with E-state index in [-0.39, 0.29) is 18.0 Å². The Kier molecular flexibility index (Phi) is 5.52. The first-order chi connectivity index (χ1) is 12.1. The summed E-state index contributed by atoms with van der Waals surface area (Å²) in [5.41, 5.74) is 0.677. The molecule has 1 heterocycles. The molecule has 0 amide bonds. The van der Waals surface area contributed by atoms with E-state index in [0.29, 0.717) is 21.9 Å². The fourth-order valence-electron chi connectivity index (χ4n) is 2.02. The van der Waals surface area contributed by atoms with E-state index in [9.17, 15) is 10.1 Å². The maximum Gasteiger partial charge on any atom is 0.310 e. The summed E-state index contributed by atoms with van der Waals surface area (Å²) in [6.45, 7) is 0.268. The first-order valence-electron chi connectivity index (χ1n) is 7.22. The highest BCUT2D eigenvalue weighted by atomic mass is 35.5. The normalized spacial score (nSPS) is 10.6. The molecule has 128 valence electrons. The summed E-state index contributed by atoms with van der Waals surface area (Å²) in [7, 11) is 0. The standard InChI is InChI=1S/C16H12ClN3O4S/c17-12-5-3-4-11(10-12)15-18-19-16(24-15)25-9-8-23-14-7-2-1-6-13(14)20(21)22/h1-7,10H,8-9H2. The molecule has 0 aliphatic rings. The number of ether oxygens (including phenoxy) is 1. The summed E-state index contributed by atoms with van der Waals surface area (Å²) in [4.78, 5) is 10.4. The molecule has 0 bridgehead atoms. The number of nitrogens with zero attached hydrogens (tertiary/aromatic N) is 3. The largest absolute Gasteiger partial charge is 0.486 e. The van der Waals surface area contributed by atoms with Gasteiger partial charge in [0.2, 0.25) is 5.89 Å². The zero-order valence-corrected chi connectivity index (χ0v) is 14.4. The molecule has 0 atom stereocenters. The van der Waals surface area contributed by atoms with E-state index in [1.165, 1.54) is 17.8 Å². The highest BCUT2D eigenvalue weighted by Gasteiger charge is 2.14. The summed E-state index contributed by atoms with van der Waals surface area (Å²) < 4.78 is 11.0. The minimum Gasteiger partial charge on any atom is -0.486 e. The summed E-state index contributed by atoms with van der Waals surface area (Å²) in [6, 6.07) is 13.4. The van der Waals surface area contributed by atoms with Crippen LogP contribution in [0, 0.1) is 10.1 Å². The number of nitro groups is 1. The second kappa shape index (κ2) is 8.00. The Morgan fingerprint density at radius 2 is 2.04 bits per heavy atom. The smallest absolute Gasteiger partial charge is 0.310 e. The average molecular weight is 378 g/mol. The zero-order chi connectivity index (χ0) is 17.6. The van der Waals surface area contributed by atoms with E-state index in [1.54, 1.807) is 36.4 Å². The Morgan fingerprint density at radius 1 is 1.20 bits per heavy atom. The second-order valence-electron chi connectivity index (χ2n) is 4.81. The van der Waals surface area contributed by atoms with Crippen molar-refractivity contribution in [3.8, 4) is 17.2 Å². The lowest BCUT2D eigenvalue weighted by molar-refractivity contribution is -0.385. The van der Waals surface area contributed by atoms with Crippen molar-refractivity contribution in [2.24, 2.45) is 0 Å². The van der Waals surface area contributed by atoms with Crippen LogP contribution < -0.4 is 4.74 Å². The highest BCUT2D eigenvalue weighted by molar-refractivity contribution is 7.99. The van der Waals surface area contributed by atoms with Crippen LogP contribution in [0.3, 0.4) is 0 Å². The Balaban J connectivity index is 1.54. The number of rotatable bonds is 7. The first-order valence-corrected chi connectivity index (χ1v) is 8.58. The monoisotopic (exact) mass is 377 g/mol. The Labute approximate surface area is 152 Å². The van der Waals surface area contributed by atoms with Gasteiger partial charge >= 0.3 is 5.69 Å². The summed E-state index contributed by atoms with van der Waals surface area (Å²) in [5, 5.41) is 19.8. The van der Waals surface area contributed by atoms with E-state index in [1.807, 2.05) is 6.07 Å². The molecule has 0 fully saturated rings. The SMILES string of the molecule is O=[N+]([O-])c1ccccc1OCCSc1nnc(-c2cccc(Cl)c2)o1. The van der Waals surface area contributed by atoms with Crippen molar-refractivity contribution in [2.75, 3.05) is 12.4 Å². The molecule has 2 aromatic carbocycles. The number of halogens is 1. The lowest BCUT2D eigenvalue weighted by atomic mass is 10.2. The lowest BCUT2D eigenvalue weighted by Gasteiger charge is -2.05. The van der Waals surface area contributed by atoms with Crippen molar-refractivity contribution in [1.29, 1.82) is 0 Å². The molecule has 0 saturated carbocycles. The van der Waals surface area contributed by atoms with Gasteiger partial charge in [0.1, 0.15) is 0 Å². The predicted molar refractivity (Wildman–Crippen MR) is 94.1 cm³/mol. The van der Waals surface area contributed by atoms with Gasteiger partial charge in [-0.15, -0.1) is 10.2 Å². The Hall–Kier alpha value is -2.58. The van der Waals surface area contributed by atoms with Gasteiger partial charge in [0.05, 0.1) is 11.5 Å². The molecule has 0 N–H and O–H groups in total. The van der Waals surface area contributed by atoms with Crippen LogP contribution in [0.5, 0.6) is 5.75 Å². The molecule has 0 radical (unpaired) electrons. The van der Waals surface area contributed by atoms with Crippen LogP contribution in [0.4, 0.5) is 5.69 Å². The average Bonchev–Trinajstić information content (AvgIpc) is 3.08. The maximum absolute atomic E-state index is 10.9. The molecule has 25 heavy (non-hydrogen) atoms. The molecule has 0 aliphatic carbocycles. The van der Waals surface area contributed by atoms with Gasteiger partial charge in [-0.1, -0.05) is 41.6 Å². The molecular weight excluding hydrogens is 366 g/mol. The number of nitro benzene ring substituents is 1. The minimum absolute atomic E-state index is 0.0615. The van der Waals surface area contributed by atoms with Gasteiger partial charge in [-0.25, -0.2) is 0 Å². The third kappa shape index (κ3) is 4.49. The summed E-state index contributed by atoms with van der Waals surface area (Å²) in [5.74, 6) is 1.12. The van der Waals surface area contributed by atoms with Gasteiger partial charge in [-0.2, -0.15) is 0 Å². The van der Waals surface area contributed by atoms with Crippen molar-refractivity contribution < 1.29 is 14.1 Å². The van der Waals surface area contributed by atoms with E-state index in [4.69, 9.17) is 20.8 Å². The maximum atomic E-state index is 10.9. The number of hydrogen-bond donors (Lipinski definition) is 0. The third-order valence-corrected chi connectivity index (χ3v) is 4.12. The molecular formula is C16H12ClN3O4S. The number of hydrogen-bond acceptors (Lipinski definition) is 7. The van der Waals surface area contributed by atoms with E-state index < -0.39 is 4.92 Å². The van der Waals surface area contributed by atoms with Crippen molar-refractivity contribution in [2.45, 2.75) is 5.22 Å². The first kappa shape index (κ1) is 17.2. The van der Waals surface area contributed by atoms with Crippen LogP contribution >= 0.6 is 23.4 Å². The highest BCUT2D eigenvalue weighted by Crippen LogP contribution is 2.27. The molecule has 0 unspecified atom stereocenters. The van der Waals surface area contributed by atoms with Gasteiger partial charge in [0, 0.05) is 22.4 Å². The van der Waals surface area contributed by atoms with Crippen molar-refractivity contribution in [3.63, 3.8) is 0 Å². The van der Waals surface area contributed by atoms with Crippen LogP contribution in [0.25, 0.3) is 11.5 Å². The van der Waals surface area contributed by atoms with Crippen molar-refractivity contribution >= 4 is 29.1 Å². The number of benzene rings is 2. The fourth-order valence-corrected chi connectivity index (χ4v) is 2.78. The molecule has 0 saturated heterocycles. The van der Waals surface area contributed by atoms with E-state index in [0.717, 1.165) is 5.56 Å². The molecule has 0 spiro atoms. The van der Waals surface area contributed by atoms with Gasteiger partial charge in [-0.05, 0) is 24.3 Å². The topological polar surface area (TPSA) is 91.3 Å². The van der Waals surface area contributed by atoms with Crippen LogP contribution in [0.15, 0.2) is 58.2 Å². The number of aromatic nitrogens is 2. The zero-order valence-electron chi connectivity index (χ0n) is 12.8. The van der Waals surface area contributed by atoms with Crippen LogP contribution in [0.1, 0.15) is 0 Å². The summed E-state index contributed by atoms with van der Waals surface area (Å²) in [6.07, 6.45) is 0. The van der Waals surface area contributed by atoms with E-state index >= 15 is 0 Å². The van der Waals surface area contributed by atoms with Crippen molar-refractivity contribution in [1.82, 2.24) is 10.2 Å². The number of para-hydroxylation sites is 2. The lowest BCUT2D eigenvalue weighted by Crippen LogP contribution is -2.02. The van der Waals surface area contributed by atoms with Crippen LogP contribution in [0.2, 0.25) is 5.02 Å². The van der Waals surface area contributed by atoms with Gasteiger partial charge in [0.15, 0.2) is 5.75 Å². The molecule has 9 heteroatoms. The number of thioether (sulfide) groups is 1. The Bertz CT molecular complexity index is 887. The van der Waals surface area contributed by atoms with Crippen LogP contribution in [-0.4, -0.2) is 27.5 Å². The van der Waals surface area contributed by atoms with Crippen LogP contribution in [-0.2, 0) is 0 Å². The van der Waals surface area contributed by atoms with Gasteiger partial charge < -0.3 is 9.15 Å². The molecule has 1 aromatic heterocycles. The second-order valence-corrected chi connectivity index (χ2v) is 6.29. The van der Waals surface area contributed by atoms with Gasteiger partial charge in [-0.3, -0.25) is 10.1 Å². The molecule has 3 rings (SSSR count).